The number of carboxylic acids is 1. The number of hydrogen-bond donors (Lipinski definition) is 3. The Kier molecular flexibility index (Phi) is 47.6. The van der Waals surface area contributed by atoms with Crippen LogP contribution >= 0.6 is 0 Å². The van der Waals surface area contributed by atoms with Crippen molar-refractivity contribution in [2.24, 2.45) is 5.73 Å². The van der Waals surface area contributed by atoms with Crippen LogP contribution in [0.25, 0.3) is 0 Å². The molecule has 0 aromatic heterocycles. The van der Waals surface area contributed by atoms with Gasteiger partial charge in [0.15, 0.2) is 0 Å². The van der Waals surface area contributed by atoms with E-state index in [0.29, 0.717) is 25.5 Å². The number of unbranched alkanes of at least 4 members (excludes halogenated alkanes) is 33. The van der Waals surface area contributed by atoms with Crippen LogP contribution in [0.15, 0.2) is 24.3 Å². The molecule has 0 spiro atoms. The summed E-state index contributed by atoms with van der Waals surface area (Å²) in [5.74, 6) is -0.664. The molecule has 348 valence electrons. The Balaban J connectivity index is 3.43. The maximum Gasteiger partial charge on any atom is 0.305 e. The van der Waals surface area contributed by atoms with Gasteiger partial charge in [0.25, 0.3) is 0 Å². The van der Waals surface area contributed by atoms with E-state index in [4.69, 9.17) is 15.6 Å². The highest BCUT2D eigenvalue weighted by Crippen LogP contribution is 2.15. The number of carbonyl (C=O) groups excluding carboxylic acids is 1. The Bertz CT molecular complexity index is 919. The number of hydrogen-bond acceptors (Lipinski definition) is 5. The smallest absolute Gasteiger partial charge is 0.305 e. The number of aliphatic carboxylic acids is 1. The Labute approximate surface area is 367 Å². The van der Waals surface area contributed by atoms with Gasteiger partial charge >= 0.3 is 11.9 Å². The molecule has 0 aromatic carbocycles. The van der Waals surface area contributed by atoms with Crippen molar-refractivity contribution in [2.75, 3.05) is 13.2 Å². The normalized spacial score (nSPS) is 12.9. The molecule has 0 rings (SSSR count). The van der Waals surface area contributed by atoms with Crippen molar-refractivity contribution in [3.05, 3.63) is 24.3 Å². The lowest BCUT2D eigenvalue weighted by Gasteiger charge is -2.22. The number of nitrogens with one attached hydrogen (secondary N) is 1. The average molecular weight is 831 g/mol. The number of nitrogens with two attached hydrogens (primary N) is 1. The zero-order valence-electron chi connectivity index (χ0n) is 39.6. The molecule has 0 radical (unpaired) electrons. The van der Waals surface area contributed by atoms with Crippen molar-refractivity contribution in [1.29, 1.82) is 0 Å². The third-order valence-electron chi connectivity index (χ3n) is 12.1. The van der Waals surface area contributed by atoms with E-state index in [0.717, 1.165) is 51.5 Å². The quantitative estimate of drug-likeness (QED) is 0.0321. The molecule has 0 aliphatic heterocycles. The predicted molar refractivity (Wildman–Crippen MR) is 257 cm³/mol. The van der Waals surface area contributed by atoms with Gasteiger partial charge in [-0.1, -0.05) is 198 Å². The van der Waals surface area contributed by atoms with Gasteiger partial charge in [-0.15, -0.1) is 0 Å². The first kappa shape index (κ1) is 57.3. The van der Waals surface area contributed by atoms with E-state index in [1.807, 2.05) is 0 Å². The Morgan fingerprint density at radius 3 is 1.27 bits per heavy atom. The number of ether oxygens (including phenoxy) is 1. The Morgan fingerprint density at radius 1 is 0.492 bits per heavy atom. The molecule has 0 bridgehead atoms. The molecule has 0 saturated carbocycles. The molecule has 6 nitrogen and oxygen atoms in total. The van der Waals surface area contributed by atoms with Crippen LogP contribution in [-0.2, 0) is 14.3 Å². The van der Waals surface area contributed by atoms with Crippen molar-refractivity contribution in [2.45, 2.75) is 289 Å². The van der Waals surface area contributed by atoms with Gasteiger partial charge in [0.05, 0.1) is 6.61 Å². The number of allylic oxidation sites excluding steroid dienone is 4. The minimum atomic E-state index is -0.670. The average Bonchev–Trinajstić information content (AvgIpc) is 3.22. The zero-order chi connectivity index (χ0) is 43.0. The van der Waals surface area contributed by atoms with Crippen LogP contribution in [0, 0.1) is 0 Å². The first-order valence-corrected chi connectivity index (χ1v) is 26.1. The Hall–Kier alpha value is -1.66. The fourth-order valence-corrected chi connectivity index (χ4v) is 8.07. The van der Waals surface area contributed by atoms with E-state index in [9.17, 15) is 9.59 Å². The second-order valence-electron chi connectivity index (χ2n) is 18.1. The molecule has 2 atom stereocenters. The van der Waals surface area contributed by atoms with Crippen molar-refractivity contribution < 1.29 is 19.4 Å². The van der Waals surface area contributed by atoms with Crippen molar-refractivity contribution in [3.63, 3.8) is 0 Å². The lowest BCUT2D eigenvalue weighted by molar-refractivity contribution is -0.144. The van der Waals surface area contributed by atoms with E-state index in [1.165, 1.54) is 205 Å². The molecule has 0 aliphatic carbocycles. The van der Waals surface area contributed by atoms with Crippen LogP contribution in [0.3, 0.4) is 0 Å². The highest BCUT2D eigenvalue weighted by molar-refractivity contribution is 5.69. The topological polar surface area (TPSA) is 102 Å². The summed E-state index contributed by atoms with van der Waals surface area (Å²) in [5.41, 5.74) is 6.33. The van der Waals surface area contributed by atoms with Crippen molar-refractivity contribution >= 4 is 11.9 Å². The summed E-state index contributed by atoms with van der Waals surface area (Å²) in [6.07, 6.45) is 59.6. The molecule has 59 heavy (non-hydrogen) atoms. The zero-order valence-corrected chi connectivity index (χ0v) is 39.6. The van der Waals surface area contributed by atoms with Gasteiger partial charge in [0.1, 0.15) is 0 Å². The summed E-state index contributed by atoms with van der Waals surface area (Å²) < 4.78 is 5.46. The van der Waals surface area contributed by atoms with Crippen LogP contribution < -0.4 is 11.1 Å². The first-order valence-electron chi connectivity index (χ1n) is 26.1. The summed E-state index contributed by atoms with van der Waals surface area (Å²) in [6, 6.07) is 0.665. The number of carboxylic acid groups (broad SMARTS) is 1. The van der Waals surface area contributed by atoms with Crippen LogP contribution in [-0.4, -0.2) is 42.3 Å². The number of carbonyl (C=O) groups is 2. The highest BCUT2D eigenvalue weighted by Gasteiger charge is 2.12. The van der Waals surface area contributed by atoms with Crippen LogP contribution in [0.4, 0.5) is 0 Å². The second kappa shape index (κ2) is 49.0. The SMILES string of the molecule is CCCCCCCCCCCCCCOC(=O)CCCCCCC/C=C\CCCCCCCCNC(CCCCCCCC/C=C\CCCCCCCC(=O)O)C(C)N. The molecule has 0 aliphatic rings. The van der Waals surface area contributed by atoms with Crippen molar-refractivity contribution in [3.8, 4) is 0 Å². The molecule has 0 heterocycles. The van der Waals surface area contributed by atoms with E-state index in [1.54, 1.807) is 0 Å². The second-order valence-corrected chi connectivity index (χ2v) is 18.1. The van der Waals surface area contributed by atoms with Crippen LogP contribution in [0.2, 0.25) is 0 Å². The third-order valence-corrected chi connectivity index (χ3v) is 12.1. The van der Waals surface area contributed by atoms with E-state index < -0.39 is 5.97 Å². The van der Waals surface area contributed by atoms with Crippen LogP contribution in [0.1, 0.15) is 277 Å². The minimum Gasteiger partial charge on any atom is -0.481 e. The largest absolute Gasteiger partial charge is 0.481 e. The summed E-state index contributed by atoms with van der Waals surface area (Å²) in [4.78, 5) is 22.5. The lowest BCUT2D eigenvalue weighted by atomic mass is 10.0. The fourth-order valence-electron chi connectivity index (χ4n) is 8.07. The summed E-state index contributed by atoms with van der Waals surface area (Å²) in [5, 5.41) is 12.4. The van der Waals surface area contributed by atoms with E-state index in [2.05, 4.69) is 43.5 Å². The van der Waals surface area contributed by atoms with Gasteiger partial charge in [-0.3, -0.25) is 9.59 Å². The Morgan fingerprint density at radius 2 is 0.847 bits per heavy atom. The van der Waals surface area contributed by atoms with E-state index >= 15 is 0 Å². The van der Waals surface area contributed by atoms with Gasteiger partial charge in [-0.25, -0.2) is 0 Å². The molecule has 6 heteroatoms. The van der Waals surface area contributed by atoms with Gasteiger partial charge in [-0.05, 0) is 96.9 Å². The number of esters is 1. The summed E-state index contributed by atoms with van der Waals surface area (Å²) in [6.45, 7) is 6.15. The predicted octanol–water partition coefficient (Wildman–Crippen LogP) is 16.0. The molecule has 0 aromatic rings. The molecule has 2 unspecified atom stereocenters. The van der Waals surface area contributed by atoms with Gasteiger partial charge < -0.3 is 20.9 Å². The van der Waals surface area contributed by atoms with Gasteiger partial charge in [-0.2, -0.15) is 0 Å². The monoisotopic (exact) mass is 831 g/mol. The molecule has 0 fully saturated rings. The third kappa shape index (κ3) is 48.9. The molecular weight excluding hydrogens is 729 g/mol. The summed E-state index contributed by atoms with van der Waals surface area (Å²) in [7, 11) is 0. The molecule has 4 N–H and O–H groups in total. The fraction of sp³-hybridized carbons (Fsp3) is 0.887. The molecular formula is C53H102N2O4. The van der Waals surface area contributed by atoms with Gasteiger partial charge in [0, 0.05) is 24.9 Å². The van der Waals surface area contributed by atoms with Crippen molar-refractivity contribution in [1.82, 2.24) is 5.32 Å². The maximum atomic E-state index is 12.0. The van der Waals surface area contributed by atoms with Crippen LogP contribution in [0.5, 0.6) is 0 Å². The first-order chi connectivity index (χ1) is 29.0. The number of rotatable bonds is 49. The summed E-state index contributed by atoms with van der Waals surface area (Å²) >= 11 is 0. The maximum absolute atomic E-state index is 12.0. The molecule has 0 amide bonds. The van der Waals surface area contributed by atoms with E-state index in [-0.39, 0.29) is 12.0 Å². The lowest BCUT2D eigenvalue weighted by Crippen LogP contribution is -2.43. The van der Waals surface area contributed by atoms with Gasteiger partial charge in [0.2, 0.25) is 0 Å². The minimum absolute atomic E-state index is 0.00603. The standard InChI is InChI=1S/C53H102N2O4/c1-3-4-5-6-7-8-9-24-29-34-39-44-49-59-53(58)47-42-37-32-27-22-18-14-11-15-19-23-28-33-38-43-48-55-51(50(2)54)45-40-35-30-25-20-16-12-10-13-17-21-26-31-36-41-46-52(56)57/h10-11,13-14,50-51,55H,3-9,12,15-49,54H2,1-2H3,(H,56,57)/b13-10-,14-11-. The molecule has 0 saturated heterocycles. The highest BCUT2D eigenvalue weighted by atomic mass is 16.5.